The van der Waals surface area contributed by atoms with Crippen LogP contribution in [-0.2, 0) is 26.1 Å². The zero-order valence-corrected chi connectivity index (χ0v) is 17.2. The zero-order chi connectivity index (χ0) is 21.6. The molecular formula is C20H23FN2O5S. The molecule has 9 heteroatoms. The lowest BCUT2D eigenvalue weighted by Crippen LogP contribution is -2.37. The summed E-state index contributed by atoms with van der Waals surface area (Å²) < 4.78 is 45.3. The summed E-state index contributed by atoms with van der Waals surface area (Å²) in [4.78, 5) is 26.0. The molecule has 1 atom stereocenters. The first-order chi connectivity index (χ1) is 13.7. The Morgan fingerprint density at radius 2 is 1.83 bits per heavy atom. The van der Waals surface area contributed by atoms with Gasteiger partial charge in [-0.3, -0.25) is 9.59 Å². The van der Waals surface area contributed by atoms with Gasteiger partial charge in [0.2, 0.25) is 10.0 Å². The maximum atomic E-state index is 14.4. The molecule has 0 heterocycles. The number of hydrogen-bond donors (Lipinski definition) is 1. The molecule has 1 N–H and O–H groups in total. The lowest BCUT2D eigenvalue weighted by molar-refractivity contribution is -0.145. The van der Waals surface area contributed by atoms with Crippen LogP contribution in [0.3, 0.4) is 0 Å². The molecule has 1 unspecified atom stereocenters. The van der Waals surface area contributed by atoms with E-state index in [1.807, 2.05) is 6.07 Å². The van der Waals surface area contributed by atoms with Gasteiger partial charge in [-0.15, -0.1) is 0 Å². The maximum Gasteiger partial charge on any atom is 0.310 e. The molecule has 29 heavy (non-hydrogen) atoms. The largest absolute Gasteiger partial charge is 0.469 e. The molecule has 0 spiro atoms. The molecule has 0 aliphatic carbocycles. The fourth-order valence-corrected chi connectivity index (χ4v) is 3.51. The third kappa shape index (κ3) is 5.61. The van der Waals surface area contributed by atoms with Crippen molar-refractivity contribution in [2.45, 2.75) is 18.4 Å². The quantitative estimate of drug-likeness (QED) is 0.659. The van der Waals surface area contributed by atoms with E-state index in [0.29, 0.717) is 0 Å². The third-order valence-corrected chi connectivity index (χ3v) is 5.76. The van der Waals surface area contributed by atoms with E-state index >= 15 is 0 Å². The van der Waals surface area contributed by atoms with Crippen molar-refractivity contribution in [2.75, 3.05) is 20.7 Å². The van der Waals surface area contributed by atoms with Crippen LogP contribution in [0.25, 0.3) is 0 Å². The first-order valence-corrected chi connectivity index (χ1v) is 10.3. The Bertz CT molecular complexity index is 980. The number of sulfonamides is 1. The second-order valence-electron chi connectivity index (χ2n) is 6.44. The molecule has 0 aliphatic rings. The van der Waals surface area contributed by atoms with Gasteiger partial charge < -0.3 is 9.64 Å². The maximum absolute atomic E-state index is 14.4. The monoisotopic (exact) mass is 422 g/mol. The summed E-state index contributed by atoms with van der Waals surface area (Å²) in [5.41, 5.74) is 0.381. The number of hydrogen-bond acceptors (Lipinski definition) is 5. The van der Waals surface area contributed by atoms with Gasteiger partial charge >= 0.3 is 5.97 Å². The molecule has 1 amide bonds. The normalized spacial score (nSPS) is 12.3. The van der Waals surface area contributed by atoms with E-state index in [2.05, 4.69) is 4.72 Å². The van der Waals surface area contributed by atoms with Gasteiger partial charge in [0.15, 0.2) is 0 Å². The summed E-state index contributed by atoms with van der Waals surface area (Å²) in [5.74, 6) is -2.74. The summed E-state index contributed by atoms with van der Waals surface area (Å²) in [6.45, 7) is 1.68. The Balaban J connectivity index is 2.43. The minimum atomic E-state index is -3.86. The highest BCUT2D eigenvalue weighted by atomic mass is 32.2. The molecule has 0 aromatic heterocycles. The highest BCUT2D eigenvalue weighted by Gasteiger charge is 2.26. The van der Waals surface area contributed by atoms with Crippen molar-refractivity contribution < 1.29 is 27.1 Å². The number of rotatable bonds is 8. The highest BCUT2D eigenvalue weighted by molar-refractivity contribution is 7.89. The molecule has 2 aromatic rings. The minimum Gasteiger partial charge on any atom is -0.469 e. The van der Waals surface area contributed by atoms with Crippen LogP contribution in [0.15, 0.2) is 53.4 Å². The first kappa shape index (κ1) is 22.5. The first-order valence-electron chi connectivity index (χ1n) is 8.83. The lowest BCUT2D eigenvalue weighted by Gasteiger charge is -2.25. The smallest absolute Gasteiger partial charge is 0.310 e. The van der Waals surface area contributed by atoms with Crippen molar-refractivity contribution in [2.24, 2.45) is 5.92 Å². The fraction of sp³-hybridized carbons (Fsp3) is 0.300. The van der Waals surface area contributed by atoms with E-state index < -0.39 is 39.2 Å². The van der Waals surface area contributed by atoms with Gasteiger partial charge in [-0.1, -0.05) is 37.3 Å². The van der Waals surface area contributed by atoms with Crippen LogP contribution in [0.4, 0.5) is 4.39 Å². The van der Waals surface area contributed by atoms with Crippen molar-refractivity contribution >= 4 is 21.9 Å². The van der Waals surface area contributed by atoms with E-state index in [9.17, 15) is 22.4 Å². The van der Waals surface area contributed by atoms with E-state index in [0.717, 1.165) is 23.8 Å². The van der Waals surface area contributed by atoms with Crippen LogP contribution >= 0.6 is 0 Å². The molecule has 2 rings (SSSR count). The average molecular weight is 422 g/mol. The molecule has 0 aliphatic heterocycles. The molecule has 2 aromatic carbocycles. The van der Waals surface area contributed by atoms with Gasteiger partial charge in [-0.25, -0.2) is 17.5 Å². The summed E-state index contributed by atoms with van der Waals surface area (Å²) in [6, 6.07) is 12.0. The molecule has 0 bridgehead atoms. The second kappa shape index (κ2) is 9.62. The molecule has 0 fully saturated rings. The van der Waals surface area contributed by atoms with E-state index in [1.165, 1.54) is 19.1 Å². The van der Waals surface area contributed by atoms with Crippen molar-refractivity contribution in [3.63, 3.8) is 0 Å². The van der Waals surface area contributed by atoms with Crippen molar-refractivity contribution in [3.05, 3.63) is 65.5 Å². The number of nitrogens with zero attached hydrogens (tertiary/aromatic N) is 1. The Labute approximate surface area is 169 Å². The second-order valence-corrected chi connectivity index (χ2v) is 8.33. The Morgan fingerprint density at radius 1 is 1.17 bits per heavy atom. The zero-order valence-electron chi connectivity index (χ0n) is 16.4. The van der Waals surface area contributed by atoms with Crippen LogP contribution in [-0.4, -0.2) is 45.9 Å². The predicted octanol–water partition coefficient (Wildman–Crippen LogP) is 2.19. The molecule has 0 saturated heterocycles. The number of benzene rings is 2. The van der Waals surface area contributed by atoms with Gasteiger partial charge in [0.25, 0.3) is 5.91 Å². The molecule has 0 saturated carbocycles. The number of amides is 1. The van der Waals surface area contributed by atoms with Gasteiger partial charge in [0, 0.05) is 13.1 Å². The number of nitrogens with one attached hydrogen (secondary N) is 1. The Morgan fingerprint density at radius 3 is 2.41 bits per heavy atom. The van der Waals surface area contributed by atoms with Crippen LogP contribution < -0.4 is 4.72 Å². The van der Waals surface area contributed by atoms with Crippen LogP contribution in [0.2, 0.25) is 0 Å². The van der Waals surface area contributed by atoms with Crippen LogP contribution in [0.5, 0.6) is 0 Å². The van der Waals surface area contributed by atoms with Gasteiger partial charge in [-0.05, 0) is 30.8 Å². The molecule has 0 radical (unpaired) electrons. The number of halogens is 1. The van der Waals surface area contributed by atoms with Crippen LogP contribution in [0, 0.1) is 11.7 Å². The number of esters is 1. The Kier molecular flexibility index (Phi) is 7.46. The summed E-state index contributed by atoms with van der Waals surface area (Å²) in [5, 5.41) is 0. The van der Waals surface area contributed by atoms with Crippen molar-refractivity contribution in [3.8, 4) is 0 Å². The summed E-state index contributed by atoms with van der Waals surface area (Å²) >= 11 is 0. The summed E-state index contributed by atoms with van der Waals surface area (Å²) in [6.07, 6.45) is 0. The van der Waals surface area contributed by atoms with E-state index in [1.54, 1.807) is 31.2 Å². The number of carbonyl (C=O) groups is 2. The van der Waals surface area contributed by atoms with Gasteiger partial charge in [0.05, 0.1) is 23.5 Å². The molecule has 156 valence electrons. The minimum absolute atomic E-state index is 0.0250. The number of carbonyl (C=O) groups excluding carboxylic acids is 2. The summed E-state index contributed by atoms with van der Waals surface area (Å²) in [7, 11) is -1.39. The van der Waals surface area contributed by atoms with Crippen molar-refractivity contribution in [1.29, 1.82) is 0 Å². The van der Waals surface area contributed by atoms with E-state index in [-0.39, 0.29) is 18.0 Å². The highest BCUT2D eigenvalue weighted by Crippen LogP contribution is 2.19. The Hall–Kier alpha value is -2.78. The fourth-order valence-electron chi connectivity index (χ4n) is 2.75. The molecule has 7 nitrogen and oxygen atoms in total. The SMILES string of the molecule is CNS(=O)(=O)c1ccc(F)c(C(=O)N(Cc2ccccc2)CC(C)C(=O)OC)c1. The van der Waals surface area contributed by atoms with Crippen molar-refractivity contribution in [1.82, 2.24) is 9.62 Å². The molecular weight excluding hydrogens is 399 g/mol. The topological polar surface area (TPSA) is 92.8 Å². The lowest BCUT2D eigenvalue weighted by atomic mass is 10.1. The average Bonchev–Trinajstić information content (AvgIpc) is 2.73. The standard InChI is InChI=1S/C20H23FN2O5S/c1-14(20(25)28-3)12-23(13-15-7-5-4-6-8-15)19(24)17-11-16(9-10-18(17)21)29(26,27)22-2/h4-11,14,22H,12-13H2,1-3H3. The van der Waals surface area contributed by atoms with Gasteiger partial charge in [0.1, 0.15) is 5.82 Å². The van der Waals surface area contributed by atoms with Gasteiger partial charge in [-0.2, -0.15) is 0 Å². The van der Waals surface area contributed by atoms with Crippen LogP contribution in [0.1, 0.15) is 22.8 Å². The van der Waals surface area contributed by atoms with E-state index in [4.69, 9.17) is 4.74 Å². The number of ether oxygens (including phenoxy) is 1. The third-order valence-electron chi connectivity index (χ3n) is 4.35. The number of methoxy groups -OCH3 is 1. The predicted molar refractivity (Wildman–Crippen MR) is 105 cm³/mol.